The number of methoxy groups -OCH3 is 2. The van der Waals surface area contributed by atoms with Gasteiger partial charge in [-0.25, -0.2) is 8.42 Å². The molecule has 2 fully saturated rings. The number of hydrogen-bond donors (Lipinski definition) is 0. The third-order valence-electron chi connectivity index (χ3n) is 5.05. The number of sulfone groups is 1. The molecule has 0 N–H and O–H groups in total. The van der Waals surface area contributed by atoms with Gasteiger partial charge in [-0.2, -0.15) is 0 Å². The number of rotatable bonds is 6. The molecule has 0 saturated heterocycles. The second kappa shape index (κ2) is 6.06. The number of hydrogen-bond acceptors (Lipinski definition) is 4. The maximum Gasteiger partial charge on any atom is 0.207 e. The second-order valence-corrected chi connectivity index (χ2v) is 8.75. The Morgan fingerprint density at radius 3 is 1.48 bits per heavy atom. The van der Waals surface area contributed by atoms with E-state index in [2.05, 4.69) is 0 Å². The summed E-state index contributed by atoms with van der Waals surface area (Å²) in [5.74, 6) is 2.06. The van der Waals surface area contributed by atoms with E-state index in [0.29, 0.717) is 33.1 Å². The first kappa shape index (κ1) is 16.5. The van der Waals surface area contributed by atoms with Crippen molar-refractivity contribution in [3.63, 3.8) is 0 Å². The highest BCUT2D eigenvalue weighted by molar-refractivity contribution is 7.91. The van der Waals surface area contributed by atoms with E-state index < -0.39 is 9.84 Å². The van der Waals surface area contributed by atoms with Gasteiger partial charge in [0.1, 0.15) is 11.5 Å². The minimum Gasteiger partial charge on any atom is -0.497 e. The van der Waals surface area contributed by atoms with Crippen LogP contribution in [0, 0.1) is 0 Å². The third kappa shape index (κ3) is 3.01. The van der Waals surface area contributed by atoms with Gasteiger partial charge in [-0.15, -0.1) is 0 Å². The molecule has 0 unspecified atom stereocenters. The first-order valence-electron chi connectivity index (χ1n) is 8.65. The molecular weight excluding hydrogens is 336 g/mol. The first-order chi connectivity index (χ1) is 12.0. The second-order valence-electron chi connectivity index (χ2n) is 6.86. The summed E-state index contributed by atoms with van der Waals surface area (Å²) in [6, 6.07) is 10.6. The zero-order chi connectivity index (χ0) is 17.6. The zero-order valence-electron chi connectivity index (χ0n) is 14.5. The molecule has 2 aromatic rings. The van der Waals surface area contributed by atoms with Crippen molar-refractivity contribution in [1.29, 1.82) is 0 Å². The van der Waals surface area contributed by atoms with Crippen molar-refractivity contribution < 1.29 is 17.9 Å². The number of ether oxygens (including phenoxy) is 2. The molecule has 0 heterocycles. The minimum absolute atomic E-state index is 0.322. The van der Waals surface area contributed by atoms with Crippen LogP contribution < -0.4 is 9.47 Å². The fraction of sp³-hybridized carbons (Fsp3) is 0.400. The van der Waals surface area contributed by atoms with E-state index in [-0.39, 0.29) is 0 Å². The van der Waals surface area contributed by atoms with Gasteiger partial charge >= 0.3 is 0 Å². The van der Waals surface area contributed by atoms with Crippen LogP contribution in [0.4, 0.5) is 0 Å². The summed E-state index contributed by atoms with van der Waals surface area (Å²) in [5, 5.41) is 0. The van der Waals surface area contributed by atoms with E-state index in [0.717, 1.165) is 36.8 Å². The highest BCUT2D eigenvalue weighted by atomic mass is 32.2. The van der Waals surface area contributed by atoms with Crippen LogP contribution in [0.25, 0.3) is 0 Å². The average molecular weight is 358 g/mol. The zero-order valence-corrected chi connectivity index (χ0v) is 15.3. The van der Waals surface area contributed by atoms with E-state index in [1.54, 1.807) is 38.5 Å². The van der Waals surface area contributed by atoms with E-state index in [4.69, 9.17) is 9.47 Å². The topological polar surface area (TPSA) is 52.6 Å². The van der Waals surface area contributed by atoms with Crippen LogP contribution >= 0.6 is 0 Å². The smallest absolute Gasteiger partial charge is 0.207 e. The molecule has 4 nitrogen and oxygen atoms in total. The molecule has 0 spiro atoms. The Kier molecular flexibility index (Phi) is 3.99. The molecule has 4 rings (SSSR count). The fourth-order valence-corrected chi connectivity index (χ4v) is 5.14. The Balaban J connectivity index is 1.86. The maximum atomic E-state index is 13.5. The molecule has 25 heavy (non-hydrogen) atoms. The van der Waals surface area contributed by atoms with Crippen molar-refractivity contribution in [1.82, 2.24) is 0 Å². The van der Waals surface area contributed by atoms with E-state index in [1.807, 2.05) is 12.1 Å². The quantitative estimate of drug-likeness (QED) is 0.773. The summed E-state index contributed by atoms with van der Waals surface area (Å²) in [6.07, 6.45) is 4.14. The van der Waals surface area contributed by atoms with Gasteiger partial charge < -0.3 is 9.47 Å². The van der Waals surface area contributed by atoms with Crippen LogP contribution in [0.3, 0.4) is 0 Å². The molecule has 2 aliphatic rings. The molecule has 0 aliphatic heterocycles. The fourth-order valence-electron chi connectivity index (χ4n) is 3.34. The predicted octanol–water partition coefficient (Wildman–Crippen LogP) is 4.29. The maximum absolute atomic E-state index is 13.5. The van der Waals surface area contributed by atoms with Crippen molar-refractivity contribution in [2.45, 2.75) is 47.3 Å². The summed E-state index contributed by atoms with van der Waals surface area (Å²) in [5.41, 5.74) is 1.77. The molecule has 2 aromatic carbocycles. The van der Waals surface area contributed by atoms with Crippen molar-refractivity contribution in [2.24, 2.45) is 0 Å². The molecule has 0 radical (unpaired) electrons. The lowest BCUT2D eigenvalue weighted by Crippen LogP contribution is -2.08. The van der Waals surface area contributed by atoms with Gasteiger partial charge in [0.05, 0.1) is 24.0 Å². The Labute approximate surface area is 148 Å². The third-order valence-corrected chi connectivity index (χ3v) is 6.95. The molecule has 2 aliphatic carbocycles. The lowest BCUT2D eigenvalue weighted by Gasteiger charge is -2.15. The van der Waals surface area contributed by atoms with Crippen LogP contribution in [0.2, 0.25) is 0 Å². The van der Waals surface area contributed by atoms with E-state index in [9.17, 15) is 8.42 Å². The Bertz CT molecular complexity index is 840. The number of benzene rings is 2. The van der Waals surface area contributed by atoms with Crippen LogP contribution in [-0.4, -0.2) is 22.6 Å². The van der Waals surface area contributed by atoms with Crippen molar-refractivity contribution in [2.75, 3.05) is 14.2 Å². The van der Waals surface area contributed by atoms with Crippen molar-refractivity contribution in [3.8, 4) is 11.5 Å². The van der Waals surface area contributed by atoms with Crippen molar-refractivity contribution >= 4 is 9.84 Å². The lowest BCUT2D eigenvalue weighted by molar-refractivity contribution is 0.413. The molecule has 0 bridgehead atoms. The summed E-state index contributed by atoms with van der Waals surface area (Å²) in [6.45, 7) is 0. The molecular formula is C20H22O4S. The SMILES string of the molecule is COc1ccc(S(=O)(=O)c2ccc(OC)cc2C2CC2)c(C2CC2)c1. The van der Waals surface area contributed by atoms with Gasteiger partial charge in [0, 0.05) is 0 Å². The van der Waals surface area contributed by atoms with Crippen LogP contribution in [0.5, 0.6) is 11.5 Å². The molecule has 132 valence electrons. The normalized spacial score (nSPS) is 17.4. The highest BCUT2D eigenvalue weighted by Gasteiger charge is 2.35. The van der Waals surface area contributed by atoms with Gasteiger partial charge in [0.15, 0.2) is 0 Å². The molecule has 2 saturated carbocycles. The summed E-state index contributed by atoms with van der Waals surface area (Å²) < 4.78 is 37.5. The van der Waals surface area contributed by atoms with E-state index >= 15 is 0 Å². The molecule has 0 aromatic heterocycles. The predicted molar refractivity (Wildman–Crippen MR) is 95.4 cm³/mol. The summed E-state index contributed by atoms with van der Waals surface area (Å²) >= 11 is 0. The van der Waals surface area contributed by atoms with Gasteiger partial charge in [-0.3, -0.25) is 0 Å². The highest BCUT2D eigenvalue weighted by Crippen LogP contribution is 2.48. The lowest BCUT2D eigenvalue weighted by atomic mass is 10.1. The standard InChI is InChI=1S/C20H22O4S/c1-23-15-7-9-19(17(11-15)13-3-4-13)25(21,22)20-10-8-16(24-2)12-18(20)14-5-6-14/h7-14H,3-6H2,1-2H3. The van der Waals surface area contributed by atoms with Gasteiger partial charge in [0.25, 0.3) is 0 Å². The minimum atomic E-state index is -3.57. The molecule has 0 atom stereocenters. The molecule has 5 heteroatoms. The largest absolute Gasteiger partial charge is 0.497 e. The monoisotopic (exact) mass is 358 g/mol. The van der Waals surface area contributed by atoms with Crippen LogP contribution in [0.15, 0.2) is 46.2 Å². The Morgan fingerprint density at radius 1 is 0.760 bits per heavy atom. The van der Waals surface area contributed by atoms with Crippen molar-refractivity contribution in [3.05, 3.63) is 47.5 Å². The Hall–Kier alpha value is -2.01. The molecule has 0 amide bonds. The summed E-state index contributed by atoms with van der Waals surface area (Å²) in [7, 11) is -0.359. The Morgan fingerprint density at radius 2 is 1.16 bits per heavy atom. The summed E-state index contributed by atoms with van der Waals surface area (Å²) in [4.78, 5) is 0.839. The van der Waals surface area contributed by atoms with Crippen LogP contribution in [-0.2, 0) is 9.84 Å². The first-order valence-corrected chi connectivity index (χ1v) is 10.1. The van der Waals surface area contributed by atoms with E-state index in [1.165, 1.54) is 0 Å². The van der Waals surface area contributed by atoms with Gasteiger partial charge in [-0.1, -0.05) is 0 Å². The van der Waals surface area contributed by atoms with Gasteiger partial charge in [0.2, 0.25) is 9.84 Å². The average Bonchev–Trinajstić information content (AvgIpc) is 3.51. The van der Waals surface area contributed by atoms with Crippen LogP contribution in [0.1, 0.15) is 48.6 Å². The van der Waals surface area contributed by atoms with Gasteiger partial charge in [-0.05, 0) is 85.0 Å².